The van der Waals surface area contributed by atoms with Gasteiger partial charge < -0.3 is 5.32 Å². The van der Waals surface area contributed by atoms with Gasteiger partial charge in [0.15, 0.2) is 0 Å². The van der Waals surface area contributed by atoms with Crippen LogP contribution in [-0.4, -0.2) is 32.7 Å². The summed E-state index contributed by atoms with van der Waals surface area (Å²) >= 11 is 0. The highest BCUT2D eigenvalue weighted by molar-refractivity contribution is 5.87. The van der Waals surface area contributed by atoms with Crippen molar-refractivity contribution in [2.24, 2.45) is 21.8 Å². The second-order valence-electron chi connectivity index (χ2n) is 4.86. The van der Waals surface area contributed by atoms with E-state index in [-0.39, 0.29) is 0 Å². The minimum Gasteiger partial charge on any atom is -0.320 e. The standard InChI is InChI=1S/C14H29N3/c1-6-13(9-11-15-4)8-7-10-17-14(16-5)12(2)3/h12-13,15H,5-11H2,1-4H3. The predicted molar refractivity (Wildman–Crippen MR) is 78.2 cm³/mol. The Kier molecular flexibility index (Phi) is 10.0. The number of hydrogen-bond acceptors (Lipinski definition) is 2. The average molecular weight is 239 g/mol. The molecule has 0 saturated heterocycles. The molecule has 3 nitrogen and oxygen atoms in total. The number of aliphatic imine (C=N–C) groups is 2. The third-order valence-corrected chi connectivity index (χ3v) is 3.10. The van der Waals surface area contributed by atoms with E-state index < -0.39 is 0 Å². The molecule has 1 unspecified atom stereocenters. The van der Waals surface area contributed by atoms with Crippen molar-refractivity contribution in [2.75, 3.05) is 20.1 Å². The fraction of sp³-hybridized carbons (Fsp3) is 0.857. The first-order valence-corrected chi connectivity index (χ1v) is 6.81. The van der Waals surface area contributed by atoms with Gasteiger partial charge in [-0.3, -0.25) is 4.99 Å². The highest BCUT2D eigenvalue weighted by atomic mass is 14.9. The van der Waals surface area contributed by atoms with Gasteiger partial charge in [-0.05, 0) is 45.5 Å². The molecule has 0 saturated carbocycles. The summed E-state index contributed by atoms with van der Waals surface area (Å²) in [6.45, 7) is 12.1. The first-order chi connectivity index (χ1) is 8.15. The Balaban J connectivity index is 3.84. The van der Waals surface area contributed by atoms with Crippen molar-refractivity contribution in [3.05, 3.63) is 0 Å². The molecule has 0 radical (unpaired) electrons. The molecule has 0 aliphatic carbocycles. The fourth-order valence-corrected chi connectivity index (χ4v) is 1.89. The van der Waals surface area contributed by atoms with Crippen LogP contribution in [0, 0.1) is 11.8 Å². The third kappa shape index (κ3) is 8.08. The number of hydrogen-bond donors (Lipinski definition) is 1. The van der Waals surface area contributed by atoms with Crippen LogP contribution in [0.15, 0.2) is 9.98 Å². The zero-order chi connectivity index (χ0) is 13.1. The maximum absolute atomic E-state index is 4.50. The van der Waals surface area contributed by atoms with Crippen molar-refractivity contribution in [1.82, 2.24) is 5.32 Å². The average Bonchev–Trinajstić information content (AvgIpc) is 2.32. The lowest BCUT2D eigenvalue weighted by Crippen LogP contribution is -2.13. The molecule has 0 aliphatic heterocycles. The number of amidine groups is 1. The largest absolute Gasteiger partial charge is 0.320 e. The molecule has 0 aromatic heterocycles. The third-order valence-electron chi connectivity index (χ3n) is 3.10. The Hall–Kier alpha value is -0.700. The molecule has 0 amide bonds. The molecule has 0 heterocycles. The summed E-state index contributed by atoms with van der Waals surface area (Å²) in [5.41, 5.74) is 0. The van der Waals surface area contributed by atoms with Crippen LogP contribution in [0.1, 0.15) is 46.5 Å². The van der Waals surface area contributed by atoms with E-state index in [9.17, 15) is 0 Å². The minimum atomic E-state index is 0.388. The molecular formula is C14H29N3. The summed E-state index contributed by atoms with van der Waals surface area (Å²) < 4.78 is 0. The van der Waals surface area contributed by atoms with Gasteiger partial charge in [0, 0.05) is 12.5 Å². The fourth-order valence-electron chi connectivity index (χ4n) is 1.89. The van der Waals surface area contributed by atoms with E-state index in [1.54, 1.807) is 0 Å². The van der Waals surface area contributed by atoms with Crippen molar-refractivity contribution in [1.29, 1.82) is 0 Å². The van der Waals surface area contributed by atoms with E-state index in [1.165, 1.54) is 19.3 Å². The topological polar surface area (TPSA) is 36.8 Å². The van der Waals surface area contributed by atoms with Gasteiger partial charge in [-0.25, -0.2) is 4.99 Å². The van der Waals surface area contributed by atoms with Gasteiger partial charge in [-0.1, -0.05) is 27.2 Å². The van der Waals surface area contributed by atoms with Crippen LogP contribution in [0.25, 0.3) is 0 Å². The first kappa shape index (κ1) is 16.3. The van der Waals surface area contributed by atoms with Gasteiger partial charge in [0.2, 0.25) is 0 Å². The zero-order valence-electron chi connectivity index (χ0n) is 12.0. The second-order valence-corrected chi connectivity index (χ2v) is 4.86. The monoisotopic (exact) mass is 239 g/mol. The molecule has 0 bridgehead atoms. The van der Waals surface area contributed by atoms with Crippen LogP contribution in [0.4, 0.5) is 0 Å². The van der Waals surface area contributed by atoms with Gasteiger partial charge in [0.25, 0.3) is 0 Å². The minimum absolute atomic E-state index is 0.388. The molecule has 0 aromatic rings. The van der Waals surface area contributed by atoms with Crippen LogP contribution in [-0.2, 0) is 0 Å². The first-order valence-electron chi connectivity index (χ1n) is 6.81. The zero-order valence-corrected chi connectivity index (χ0v) is 12.0. The molecule has 1 atom stereocenters. The lowest BCUT2D eigenvalue weighted by molar-refractivity contribution is 0.421. The lowest BCUT2D eigenvalue weighted by Gasteiger charge is -2.13. The predicted octanol–water partition coefficient (Wildman–Crippen LogP) is 3.16. The van der Waals surface area contributed by atoms with Crippen molar-refractivity contribution < 1.29 is 0 Å². The number of nitrogens with zero attached hydrogens (tertiary/aromatic N) is 2. The Labute approximate surface area is 107 Å². The summed E-state index contributed by atoms with van der Waals surface area (Å²) in [6.07, 6.45) is 4.97. The van der Waals surface area contributed by atoms with E-state index in [4.69, 9.17) is 0 Å². The van der Waals surface area contributed by atoms with E-state index in [2.05, 4.69) is 42.8 Å². The number of rotatable bonds is 9. The smallest absolute Gasteiger partial charge is 0.125 e. The van der Waals surface area contributed by atoms with Crippen molar-refractivity contribution in [3.8, 4) is 0 Å². The van der Waals surface area contributed by atoms with Gasteiger partial charge in [-0.2, -0.15) is 0 Å². The maximum atomic E-state index is 4.50. The van der Waals surface area contributed by atoms with Gasteiger partial charge in [-0.15, -0.1) is 0 Å². The van der Waals surface area contributed by atoms with Gasteiger partial charge in [0.05, 0.1) is 0 Å². The van der Waals surface area contributed by atoms with Crippen molar-refractivity contribution in [3.63, 3.8) is 0 Å². The summed E-state index contributed by atoms with van der Waals surface area (Å²) in [5.74, 6) is 2.11. The molecule has 0 spiro atoms. The molecule has 17 heavy (non-hydrogen) atoms. The molecule has 1 N–H and O–H groups in total. The molecule has 0 aliphatic rings. The van der Waals surface area contributed by atoms with Crippen molar-refractivity contribution >= 4 is 12.6 Å². The molecule has 0 aromatic carbocycles. The molecule has 100 valence electrons. The summed E-state index contributed by atoms with van der Waals surface area (Å²) in [4.78, 5) is 8.46. The Morgan fingerprint density at radius 3 is 2.47 bits per heavy atom. The van der Waals surface area contributed by atoms with Gasteiger partial charge in [0.1, 0.15) is 5.84 Å². The molecule has 3 heteroatoms. The van der Waals surface area contributed by atoms with E-state index in [0.29, 0.717) is 5.92 Å². The number of nitrogens with one attached hydrogen (secondary N) is 1. The van der Waals surface area contributed by atoms with E-state index >= 15 is 0 Å². The van der Waals surface area contributed by atoms with E-state index in [0.717, 1.165) is 31.3 Å². The Bertz CT molecular complexity index is 222. The SMILES string of the molecule is C=NC(=NCCCC(CC)CCNC)C(C)C. The van der Waals surface area contributed by atoms with Crippen LogP contribution in [0.3, 0.4) is 0 Å². The molecular weight excluding hydrogens is 210 g/mol. The Morgan fingerprint density at radius 1 is 1.29 bits per heavy atom. The second kappa shape index (κ2) is 10.5. The van der Waals surface area contributed by atoms with Crippen LogP contribution in [0.5, 0.6) is 0 Å². The molecule has 0 rings (SSSR count). The van der Waals surface area contributed by atoms with Crippen LogP contribution < -0.4 is 5.32 Å². The maximum Gasteiger partial charge on any atom is 0.125 e. The van der Waals surface area contributed by atoms with Crippen LogP contribution in [0.2, 0.25) is 0 Å². The van der Waals surface area contributed by atoms with Crippen LogP contribution >= 0.6 is 0 Å². The lowest BCUT2D eigenvalue weighted by atomic mass is 9.97. The van der Waals surface area contributed by atoms with Gasteiger partial charge >= 0.3 is 0 Å². The van der Waals surface area contributed by atoms with E-state index in [1.807, 2.05) is 7.05 Å². The highest BCUT2D eigenvalue weighted by Gasteiger charge is 2.05. The summed E-state index contributed by atoms with van der Waals surface area (Å²) in [6, 6.07) is 0. The van der Waals surface area contributed by atoms with Crippen molar-refractivity contribution in [2.45, 2.75) is 46.5 Å². The Morgan fingerprint density at radius 2 is 2.00 bits per heavy atom. The quantitative estimate of drug-likeness (QED) is 0.374. The highest BCUT2D eigenvalue weighted by Crippen LogP contribution is 2.14. The summed E-state index contributed by atoms with van der Waals surface area (Å²) in [7, 11) is 2.02. The molecule has 0 fully saturated rings. The summed E-state index contributed by atoms with van der Waals surface area (Å²) in [5, 5.41) is 3.21. The normalized spacial score (nSPS) is 14.1.